The highest BCUT2D eigenvalue weighted by Gasteiger charge is 2.33. The molecular formula is C26H28N2O4S. The van der Waals surface area contributed by atoms with Gasteiger partial charge in [0.15, 0.2) is 6.10 Å². The number of hydrogen-bond acceptors (Lipinski definition) is 5. The number of thiophene rings is 1. The Morgan fingerprint density at radius 3 is 2.70 bits per heavy atom. The normalized spacial score (nSPS) is 16.1. The zero-order valence-electron chi connectivity index (χ0n) is 18.8. The lowest BCUT2D eigenvalue weighted by Crippen LogP contribution is -2.40. The van der Waals surface area contributed by atoms with Crippen LogP contribution in [0.4, 0.5) is 0 Å². The van der Waals surface area contributed by atoms with Gasteiger partial charge in [0, 0.05) is 20.2 Å². The fourth-order valence-corrected chi connectivity index (χ4v) is 4.78. The van der Waals surface area contributed by atoms with Crippen LogP contribution in [-0.2, 0) is 16.0 Å². The third kappa shape index (κ3) is 5.26. The van der Waals surface area contributed by atoms with E-state index < -0.39 is 6.10 Å². The number of hydrogen-bond donors (Lipinski definition) is 1. The summed E-state index contributed by atoms with van der Waals surface area (Å²) in [6.45, 7) is 3.25. The summed E-state index contributed by atoms with van der Waals surface area (Å²) in [6, 6.07) is 19.5. The monoisotopic (exact) mass is 464 g/mol. The zero-order chi connectivity index (χ0) is 23.2. The minimum absolute atomic E-state index is 0.0294. The maximum atomic E-state index is 13.4. The number of benzene rings is 2. The number of nitrogens with one attached hydrogen (secondary N) is 1. The van der Waals surface area contributed by atoms with Gasteiger partial charge in [-0.1, -0.05) is 42.5 Å². The van der Waals surface area contributed by atoms with Crippen molar-refractivity contribution in [3.05, 3.63) is 87.6 Å². The molecule has 1 N–H and O–H groups in total. The van der Waals surface area contributed by atoms with Crippen LogP contribution in [0.5, 0.6) is 5.75 Å². The Morgan fingerprint density at radius 1 is 1.15 bits per heavy atom. The highest BCUT2D eigenvalue weighted by Crippen LogP contribution is 2.38. The number of ether oxygens (including phenoxy) is 2. The van der Waals surface area contributed by atoms with Crippen LogP contribution in [0.15, 0.2) is 66.0 Å². The third-order valence-corrected chi connectivity index (χ3v) is 6.60. The average molecular weight is 465 g/mol. The lowest BCUT2D eigenvalue weighted by atomic mass is 9.87. The second-order valence-corrected chi connectivity index (χ2v) is 8.89. The average Bonchev–Trinajstić information content (AvgIpc) is 3.38. The summed E-state index contributed by atoms with van der Waals surface area (Å²) >= 11 is 1.46. The van der Waals surface area contributed by atoms with Crippen LogP contribution in [0.1, 0.15) is 39.3 Å². The highest BCUT2D eigenvalue weighted by atomic mass is 32.1. The number of carbonyl (C=O) groups excluding carboxylic acids is 2. The molecule has 4 rings (SSSR count). The summed E-state index contributed by atoms with van der Waals surface area (Å²) in [5.74, 6) is 0.440. The van der Waals surface area contributed by atoms with Gasteiger partial charge in [0.2, 0.25) is 0 Å². The van der Waals surface area contributed by atoms with Crippen LogP contribution in [-0.4, -0.2) is 49.6 Å². The Kier molecular flexibility index (Phi) is 7.42. The lowest BCUT2D eigenvalue weighted by Gasteiger charge is -2.38. The summed E-state index contributed by atoms with van der Waals surface area (Å²) in [5, 5.41) is 4.72. The topological polar surface area (TPSA) is 67.9 Å². The van der Waals surface area contributed by atoms with Crippen molar-refractivity contribution in [2.45, 2.75) is 25.5 Å². The minimum atomic E-state index is -0.650. The summed E-state index contributed by atoms with van der Waals surface area (Å²) in [4.78, 5) is 28.4. The molecule has 1 aliphatic rings. The Labute approximate surface area is 198 Å². The minimum Gasteiger partial charge on any atom is -0.481 e. The van der Waals surface area contributed by atoms with E-state index in [4.69, 9.17) is 9.47 Å². The SMILES string of the molecule is COCCNC(=O)C(C)Oc1ccc2c(c1)C(c1ccccc1)N(C(=O)c1cccs1)CC2. The van der Waals surface area contributed by atoms with Gasteiger partial charge in [-0.2, -0.15) is 0 Å². The first-order valence-electron chi connectivity index (χ1n) is 11.0. The van der Waals surface area contributed by atoms with Crippen molar-refractivity contribution in [3.8, 4) is 5.75 Å². The molecule has 1 aliphatic heterocycles. The molecule has 0 spiro atoms. The number of fused-ring (bicyclic) bond motifs is 1. The first kappa shape index (κ1) is 23.0. The maximum Gasteiger partial charge on any atom is 0.264 e. The molecule has 0 radical (unpaired) electrons. The van der Waals surface area contributed by atoms with E-state index in [2.05, 4.69) is 5.32 Å². The molecule has 2 unspecified atom stereocenters. The lowest BCUT2D eigenvalue weighted by molar-refractivity contribution is -0.127. The number of methoxy groups -OCH3 is 1. The molecule has 172 valence electrons. The van der Waals surface area contributed by atoms with Gasteiger partial charge in [-0.05, 0) is 53.6 Å². The van der Waals surface area contributed by atoms with Gasteiger partial charge >= 0.3 is 0 Å². The fourth-order valence-electron chi connectivity index (χ4n) is 4.10. The molecule has 0 saturated carbocycles. The fraction of sp³-hybridized carbons (Fsp3) is 0.308. The van der Waals surface area contributed by atoms with Crippen molar-refractivity contribution < 1.29 is 19.1 Å². The van der Waals surface area contributed by atoms with Crippen molar-refractivity contribution >= 4 is 23.2 Å². The zero-order valence-corrected chi connectivity index (χ0v) is 19.6. The molecule has 0 saturated heterocycles. The summed E-state index contributed by atoms with van der Waals surface area (Å²) in [7, 11) is 1.59. The van der Waals surface area contributed by atoms with Crippen molar-refractivity contribution in [1.29, 1.82) is 0 Å². The van der Waals surface area contributed by atoms with Gasteiger partial charge in [-0.15, -0.1) is 11.3 Å². The summed E-state index contributed by atoms with van der Waals surface area (Å²) in [5.41, 5.74) is 3.26. The van der Waals surface area contributed by atoms with Crippen molar-refractivity contribution in [2.75, 3.05) is 26.8 Å². The van der Waals surface area contributed by atoms with E-state index in [0.717, 1.165) is 22.4 Å². The molecule has 2 aromatic carbocycles. The largest absolute Gasteiger partial charge is 0.481 e. The molecule has 3 aromatic rings. The molecule has 2 heterocycles. The number of carbonyl (C=O) groups is 2. The van der Waals surface area contributed by atoms with Crippen LogP contribution in [0, 0.1) is 0 Å². The van der Waals surface area contributed by atoms with Crippen LogP contribution in [0.25, 0.3) is 0 Å². The number of nitrogens with zero attached hydrogens (tertiary/aromatic N) is 1. The van der Waals surface area contributed by atoms with E-state index in [9.17, 15) is 9.59 Å². The molecule has 33 heavy (non-hydrogen) atoms. The quantitative estimate of drug-likeness (QED) is 0.511. The van der Waals surface area contributed by atoms with Gasteiger partial charge in [0.1, 0.15) is 5.75 Å². The summed E-state index contributed by atoms with van der Waals surface area (Å²) < 4.78 is 10.9. The smallest absolute Gasteiger partial charge is 0.264 e. The van der Waals surface area contributed by atoms with Crippen LogP contribution in [0.3, 0.4) is 0 Å². The van der Waals surface area contributed by atoms with E-state index in [1.54, 1.807) is 14.0 Å². The van der Waals surface area contributed by atoms with Crippen LogP contribution < -0.4 is 10.1 Å². The van der Waals surface area contributed by atoms with Crippen molar-refractivity contribution in [3.63, 3.8) is 0 Å². The van der Waals surface area contributed by atoms with E-state index in [-0.39, 0.29) is 17.9 Å². The first-order chi connectivity index (χ1) is 16.1. The molecule has 7 heteroatoms. The van der Waals surface area contributed by atoms with E-state index in [1.807, 2.05) is 70.9 Å². The van der Waals surface area contributed by atoms with E-state index in [0.29, 0.717) is 25.4 Å². The van der Waals surface area contributed by atoms with Gasteiger partial charge in [0.05, 0.1) is 17.5 Å². The van der Waals surface area contributed by atoms with Crippen molar-refractivity contribution in [1.82, 2.24) is 10.2 Å². The predicted molar refractivity (Wildman–Crippen MR) is 129 cm³/mol. The molecule has 2 atom stereocenters. The second-order valence-electron chi connectivity index (χ2n) is 7.94. The maximum absolute atomic E-state index is 13.4. The van der Waals surface area contributed by atoms with Gasteiger partial charge in [-0.3, -0.25) is 9.59 Å². The number of rotatable bonds is 8. The van der Waals surface area contributed by atoms with Gasteiger partial charge < -0.3 is 19.7 Å². The standard InChI is InChI=1S/C26H28N2O4S/c1-18(25(29)27-13-15-31-2)32-21-11-10-19-12-14-28(26(30)23-9-6-16-33-23)24(22(19)17-21)20-7-4-3-5-8-20/h3-11,16-18,24H,12-15H2,1-2H3,(H,27,29). The molecule has 0 aliphatic carbocycles. The first-order valence-corrected chi connectivity index (χ1v) is 11.9. The molecule has 0 fully saturated rings. The number of amides is 2. The molecule has 0 bridgehead atoms. The predicted octanol–water partition coefficient (Wildman–Crippen LogP) is 4.07. The Morgan fingerprint density at radius 2 is 1.97 bits per heavy atom. The van der Waals surface area contributed by atoms with E-state index in [1.165, 1.54) is 16.9 Å². The van der Waals surface area contributed by atoms with Crippen molar-refractivity contribution in [2.24, 2.45) is 0 Å². The molecule has 2 amide bonds. The van der Waals surface area contributed by atoms with E-state index >= 15 is 0 Å². The summed E-state index contributed by atoms with van der Waals surface area (Å²) in [6.07, 6.45) is 0.117. The van der Waals surface area contributed by atoms with Crippen LogP contribution in [0.2, 0.25) is 0 Å². The Hall–Kier alpha value is -3.16. The van der Waals surface area contributed by atoms with Crippen LogP contribution >= 0.6 is 11.3 Å². The highest BCUT2D eigenvalue weighted by molar-refractivity contribution is 7.12. The van der Waals surface area contributed by atoms with Gasteiger partial charge in [0.25, 0.3) is 11.8 Å². The Bertz CT molecular complexity index is 1080. The molecule has 1 aromatic heterocycles. The molecule has 6 nitrogen and oxygen atoms in total. The second kappa shape index (κ2) is 10.6. The van der Waals surface area contributed by atoms with Gasteiger partial charge in [-0.25, -0.2) is 0 Å². The third-order valence-electron chi connectivity index (χ3n) is 5.74. The molecular weight excluding hydrogens is 436 g/mol. The Balaban J connectivity index is 1.63.